The van der Waals surface area contributed by atoms with Crippen LogP contribution in [0.15, 0.2) is 200 Å². The van der Waals surface area contributed by atoms with Crippen LogP contribution in [0.1, 0.15) is 22.3 Å². The Morgan fingerprint density at radius 1 is 0.315 bits per heavy atom. The first-order valence-electron chi connectivity index (χ1n) is 18.9. The molecular formula is C53H33N. The summed E-state index contributed by atoms with van der Waals surface area (Å²) in [6.07, 6.45) is 0. The van der Waals surface area contributed by atoms with E-state index in [-0.39, 0.29) is 0 Å². The van der Waals surface area contributed by atoms with Gasteiger partial charge in [-0.05, 0) is 114 Å². The Morgan fingerprint density at radius 2 is 0.815 bits per heavy atom. The van der Waals surface area contributed by atoms with Gasteiger partial charge in [-0.25, -0.2) is 0 Å². The molecule has 0 bridgehead atoms. The Labute approximate surface area is 315 Å². The van der Waals surface area contributed by atoms with Crippen LogP contribution in [0.25, 0.3) is 66.4 Å². The molecule has 0 radical (unpaired) electrons. The molecule has 3 aliphatic carbocycles. The topological polar surface area (TPSA) is 3.24 Å². The molecule has 0 amide bonds. The van der Waals surface area contributed by atoms with Gasteiger partial charge in [-0.15, -0.1) is 0 Å². The van der Waals surface area contributed by atoms with Gasteiger partial charge >= 0.3 is 0 Å². The summed E-state index contributed by atoms with van der Waals surface area (Å²) >= 11 is 0. The van der Waals surface area contributed by atoms with Crippen LogP contribution in [0.2, 0.25) is 0 Å². The highest BCUT2D eigenvalue weighted by molar-refractivity contribution is 6.12. The first kappa shape index (κ1) is 29.6. The van der Waals surface area contributed by atoms with Crippen LogP contribution in [-0.4, -0.2) is 0 Å². The van der Waals surface area contributed by atoms with E-state index in [0.717, 1.165) is 5.69 Å². The van der Waals surface area contributed by atoms with Gasteiger partial charge in [0.25, 0.3) is 0 Å². The molecular weight excluding hydrogens is 651 g/mol. The molecule has 0 atom stereocenters. The number of rotatable bonds is 4. The van der Waals surface area contributed by atoms with Crippen molar-refractivity contribution in [3.63, 3.8) is 0 Å². The van der Waals surface area contributed by atoms with Gasteiger partial charge in [-0.3, -0.25) is 0 Å². The molecule has 9 aromatic rings. The van der Waals surface area contributed by atoms with Crippen molar-refractivity contribution in [3.8, 4) is 55.6 Å². The molecule has 1 nitrogen and oxygen atoms in total. The van der Waals surface area contributed by atoms with E-state index in [1.165, 1.54) is 100 Å². The van der Waals surface area contributed by atoms with Gasteiger partial charge in [0.2, 0.25) is 0 Å². The fraction of sp³-hybridized carbons (Fsp3) is 0.0189. The van der Waals surface area contributed by atoms with Crippen LogP contribution in [0, 0.1) is 0 Å². The third-order valence-corrected chi connectivity index (χ3v) is 12.2. The van der Waals surface area contributed by atoms with Gasteiger partial charge in [-0.2, -0.15) is 0 Å². The second-order valence-corrected chi connectivity index (χ2v) is 14.8. The zero-order valence-electron chi connectivity index (χ0n) is 29.5. The van der Waals surface area contributed by atoms with Crippen molar-refractivity contribution in [2.45, 2.75) is 5.41 Å². The maximum atomic E-state index is 2.52. The Balaban J connectivity index is 1.15. The number of benzene rings is 9. The molecule has 1 spiro atoms. The first-order valence-corrected chi connectivity index (χ1v) is 18.9. The molecule has 0 aliphatic heterocycles. The van der Waals surface area contributed by atoms with Crippen LogP contribution in [0.4, 0.5) is 17.1 Å². The summed E-state index contributed by atoms with van der Waals surface area (Å²) in [5.74, 6) is 0. The summed E-state index contributed by atoms with van der Waals surface area (Å²) in [5, 5.41) is 2.49. The molecule has 1 heteroatoms. The van der Waals surface area contributed by atoms with Crippen molar-refractivity contribution in [2.75, 3.05) is 4.90 Å². The van der Waals surface area contributed by atoms with Crippen molar-refractivity contribution < 1.29 is 0 Å². The molecule has 0 fully saturated rings. The highest BCUT2D eigenvalue weighted by Gasteiger charge is 2.52. The maximum absolute atomic E-state index is 2.52. The van der Waals surface area contributed by atoms with Gasteiger partial charge < -0.3 is 4.90 Å². The minimum Gasteiger partial charge on any atom is -0.309 e. The summed E-state index contributed by atoms with van der Waals surface area (Å²) in [4.78, 5) is 2.52. The molecule has 3 aliphatic rings. The lowest BCUT2D eigenvalue weighted by atomic mass is 9.70. The third-order valence-electron chi connectivity index (χ3n) is 12.2. The van der Waals surface area contributed by atoms with Crippen LogP contribution in [0.5, 0.6) is 0 Å². The second kappa shape index (κ2) is 11.0. The second-order valence-electron chi connectivity index (χ2n) is 14.8. The predicted molar refractivity (Wildman–Crippen MR) is 225 cm³/mol. The normalized spacial score (nSPS) is 13.3. The predicted octanol–water partition coefficient (Wildman–Crippen LogP) is 14.0. The number of nitrogens with zero attached hydrogens (tertiary/aromatic N) is 1. The standard InChI is InChI=1S/C53H33N/c1-2-14-34(15-3-1)35-28-30-37(31-29-35)54(50-26-12-16-36-32-44-38-17-4-5-18-39(38)45(44)33-43(36)50)51-27-13-25-49-52(51)42-21-8-11-24-48(42)53(49)46-22-9-6-19-40(46)41-20-7-10-23-47(41)53/h1-33H. The molecule has 12 rings (SSSR count). The Bertz CT molecular complexity index is 2940. The van der Waals surface area contributed by atoms with Crippen molar-refractivity contribution >= 4 is 27.8 Å². The van der Waals surface area contributed by atoms with Crippen molar-refractivity contribution in [1.29, 1.82) is 0 Å². The molecule has 9 aromatic carbocycles. The average Bonchev–Trinajstić information content (AvgIpc) is 3.71. The van der Waals surface area contributed by atoms with Crippen molar-refractivity contribution in [2.24, 2.45) is 0 Å². The summed E-state index contributed by atoms with van der Waals surface area (Å²) in [6.45, 7) is 0. The summed E-state index contributed by atoms with van der Waals surface area (Å²) in [5.41, 5.74) is 21.4. The van der Waals surface area contributed by atoms with E-state index >= 15 is 0 Å². The van der Waals surface area contributed by atoms with E-state index in [2.05, 4.69) is 205 Å². The molecule has 54 heavy (non-hydrogen) atoms. The fourth-order valence-electron chi connectivity index (χ4n) is 9.99. The molecule has 0 aromatic heterocycles. The molecule has 0 N–H and O–H groups in total. The number of hydrogen-bond acceptors (Lipinski definition) is 1. The van der Waals surface area contributed by atoms with Crippen LogP contribution in [-0.2, 0) is 5.41 Å². The lowest BCUT2D eigenvalue weighted by molar-refractivity contribution is 0.794. The Hall–Kier alpha value is -6.96. The van der Waals surface area contributed by atoms with Crippen molar-refractivity contribution in [1.82, 2.24) is 0 Å². The van der Waals surface area contributed by atoms with Gasteiger partial charge in [0.15, 0.2) is 0 Å². The highest BCUT2D eigenvalue weighted by atomic mass is 15.1. The van der Waals surface area contributed by atoms with E-state index in [1.807, 2.05) is 0 Å². The lowest BCUT2D eigenvalue weighted by Crippen LogP contribution is -2.26. The minimum atomic E-state index is -0.413. The zero-order valence-corrected chi connectivity index (χ0v) is 29.5. The van der Waals surface area contributed by atoms with E-state index < -0.39 is 5.41 Å². The lowest BCUT2D eigenvalue weighted by Gasteiger charge is -2.32. The molecule has 0 saturated carbocycles. The van der Waals surface area contributed by atoms with Crippen LogP contribution >= 0.6 is 0 Å². The average molecular weight is 684 g/mol. The van der Waals surface area contributed by atoms with E-state index in [4.69, 9.17) is 0 Å². The number of hydrogen-bond donors (Lipinski definition) is 0. The smallest absolute Gasteiger partial charge is 0.0726 e. The fourth-order valence-corrected chi connectivity index (χ4v) is 9.99. The third kappa shape index (κ3) is 3.83. The SMILES string of the molecule is c1ccc(-c2ccc(N(c3cccc4c3-c3ccccc3C43c4ccccc4-c4ccccc43)c3cccc4cc5c(cc34)-c3ccccc3-5)cc2)cc1. The number of anilines is 3. The molecule has 250 valence electrons. The zero-order chi connectivity index (χ0) is 35.4. The van der Waals surface area contributed by atoms with E-state index in [1.54, 1.807) is 0 Å². The molecule has 0 unspecified atom stereocenters. The Morgan fingerprint density at radius 3 is 1.50 bits per heavy atom. The van der Waals surface area contributed by atoms with Crippen LogP contribution in [0.3, 0.4) is 0 Å². The monoisotopic (exact) mass is 683 g/mol. The van der Waals surface area contributed by atoms with Gasteiger partial charge in [0.05, 0.1) is 16.8 Å². The van der Waals surface area contributed by atoms with E-state index in [0.29, 0.717) is 0 Å². The highest BCUT2D eigenvalue weighted by Crippen LogP contribution is 2.65. The first-order chi connectivity index (χ1) is 26.8. The quantitative estimate of drug-likeness (QED) is 0.178. The number of fused-ring (bicyclic) bond motifs is 15. The maximum Gasteiger partial charge on any atom is 0.0726 e. The largest absolute Gasteiger partial charge is 0.309 e. The van der Waals surface area contributed by atoms with Crippen LogP contribution < -0.4 is 4.90 Å². The van der Waals surface area contributed by atoms with Gasteiger partial charge in [0.1, 0.15) is 0 Å². The molecule has 0 saturated heterocycles. The molecule has 0 heterocycles. The van der Waals surface area contributed by atoms with E-state index in [9.17, 15) is 0 Å². The summed E-state index contributed by atoms with van der Waals surface area (Å²) < 4.78 is 0. The minimum absolute atomic E-state index is 0.413. The summed E-state index contributed by atoms with van der Waals surface area (Å²) in [7, 11) is 0. The Kier molecular flexibility index (Phi) is 6.04. The van der Waals surface area contributed by atoms with Gasteiger partial charge in [-0.1, -0.05) is 164 Å². The van der Waals surface area contributed by atoms with Crippen molar-refractivity contribution in [3.05, 3.63) is 222 Å². The van der Waals surface area contributed by atoms with Gasteiger partial charge in [0, 0.05) is 16.6 Å². The summed E-state index contributed by atoms with van der Waals surface area (Å²) in [6, 6.07) is 74.5.